The molecule has 0 aliphatic heterocycles. The first-order valence-corrected chi connectivity index (χ1v) is 5.99. The summed E-state index contributed by atoms with van der Waals surface area (Å²) in [6, 6.07) is 5.48. The van der Waals surface area contributed by atoms with E-state index in [2.05, 4.69) is 0 Å². The molecule has 0 aromatic heterocycles. The smallest absolute Gasteiger partial charge is 0.335 e. The van der Waals surface area contributed by atoms with E-state index in [1.54, 1.807) is 0 Å². The molecule has 0 spiro atoms. The molecule has 0 fully saturated rings. The Bertz CT molecular complexity index is 666. The van der Waals surface area contributed by atoms with Crippen molar-refractivity contribution in [2.45, 2.75) is 0 Å². The molecule has 7 heteroatoms. The average Bonchev–Trinajstić information content (AvgIpc) is 2.37. The van der Waals surface area contributed by atoms with Crippen molar-refractivity contribution in [1.29, 1.82) is 0 Å². The molecule has 0 aliphatic rings. The Balaban J connectivity index is 2.44. The fourth-order valence-electron chi connectivity index (χ4n) is 1.45. The fourth-order valence-corrected chi connectivity index (χ4v) is 1.76. The molecule has 0 radical (unpaired) electrons. The van der Waals surface area contributed by atoms with Crippen LogP contribution in [0.5, 0.6) is 11.5 Å². The van der Waals surface area contributed by atoms with E-state index in [0.717, 1.165) is 0 Å². The lowest BCUT2D eigenvalue weighted by atomic mass is 10.2. The fraction of sp³-hybridized carbons (Fsp3) is 0. The quantitative estimate of drug-likeness (QED) is 0.887. The van der Waals surface area contributed by atoms with Crippen molar-refractivity contribution in [3.63, 3.8) is 0 Å². The summed E-state index contributed by atoms with van der Waals surface area (Å²) in [7, 11) is 0. The van der Waals surface area contributed by atoms with E-state index in [1.165, 1.54) is 18.2 Å². The molecule has 20 heavy (non-hydrogen) atoms. The Morgan fingerprint density at radius 2 is 1.70 bits per heavy atom. The van der Waals surface area contributed by atoms with E-state index in [1.807, 2.05) is 0 Å². The number of benzene rings is 2. The van der Waals surface area contributed by atoms with Gasteiger partial charge in [0, 0.05) is 11.1 Å². The number of aromatic carboxylic acids is 1. The number of carboxylic acid groups (broad SMARTS) is 1. The van der Waals surface area contributed by atoms with E-state index in [9.17, 15) is 13.6 Å². The summed E-state index contributed by atoms with van der Waals surface area (Å²) in [6.07, 6.45) is 0. The van der Waals surface area contributed by atoms with Gasteiger partial charge in [0.2, 0.25) is 0 Å². The van der Waals surface area contributed by atoms with Crippen LogP contribution in [0, 0.1) is 11.6 Å². The Morgan fingerprint density at radius 1 is 1.10 bits per heavy atom. The van der Waals surface area contributed by atoms with Crippen LogP contribution in [0.15, 0.2) is 30.3 Å². The molecule has 3 nitrogen and oxygen atoms in total. The summed E-state index contributed by atoms with van der Waals surface area (Å²) in [5.74, 6) is -4.55. The molecule has 2 rings (SSSR count). The summed E-state index contributed by atoms with van der Waals surface area (Å²) >= 11 is 11.5. The van der Waals surface area contributed by atoms with Crippen LogP contribution in [-0.2, 0) is 0 Å². The number of hydrogen-bond acceptors (Lipinski definition) is 2. The maximum atomic E-state index is 13.7. The van der Waals surface area contributed by atoms with Gasteiger partial charge in [-0.15, -0.1) is 0 Å². The third kappa shape index (κ3) is 3.00. The molecule has 0 atom stereocenters. The van der Waals surface area contributed by atoms with Crippen LogP contribution < -0.4 is 4.74 Å². The van der Waals surface area contributed by atoms with E-state index < -0.39 is 28.9 Å². The summed E-state index contributed by atoms with van der Waals surface area (Å²) in [5, 5.41) is 9.06. The first-order chi connectivity index (χ1) is 9.38. The van der Waals surface area contributed by atoms with Crippen LogP contribution >= 0.6 is 23.2 Å². The van der Waals surface area contributed by atoms with Gasteiger partial charge in [0.25, 0.3) is 0 Å². The summed E-state index contributed by atoms with van der Waals surface area (Å²) in [6.45, 7) is 0. The Morgan fingerprint density at radius 3 is 2.25 bits per heavy atom. The molecule has 0 heterocycles. The zero-order chi connectivity index (χ0) is 14.9. The average molecular weight is 319 g/mol. The van der Waals surface area contributed by atoms with Gasteiger partial charge in [-0.1, -0.05) is 23.2 Å². The Hall–Kier alpha value is -1.85. The predicted molar refractivity (Wildman–Crippen MR) is 69.9 cm³/mol. The minimum atomic E-state index is -1.45. The minimum Gasteiger partial charge on any atom is -0.478 e. The molecule has 0 aliphatic carbocycles. The predicted octanol–water partition coefficient (Wildman–Crippen LogP) is 4.76. The van der Waals surface area contributed by atoms with Crippen molar-refractivity contribution in [3.05, 3.63) is 57.6 Å². The molecule has 0 bridgehead atoms. The number of carboxylic acids is 1. The van der Waals surface area contributed by atoms with Gasteiger partial charge >= 0.3 is 5.97 Å². The van der Waals surface area contributed by atoms with Crippen LogP contribution in [0.1, 0.15) is 10.4 Å². The zero-order valence-corrected chi connectivity index (χ0v) is 11.2. The Kier molecular flexibility index (Phi) is 4.11. The second kappa shape index (κ2) is 5.64. The van der Waals surface area contributed by atoms with Crippen molar-refractivity contribution in [3.8, 4) is 11.5 Å². The molecule has 2 aromatic rings. The largest absolute Gasteiger partial charge is 0.478 e. The zero-order valence-electron chi connectivity index (χ0n) is 9.66. The third-order valence-corrected chi connectivity index (χ3v) is 2.90. The summed E-state index contributed by atoms with van der Waals surface area (Å²) in [5.41, 5.74) is -0.524. The summed E-state index contributed by atoms with van der Waals surface area (Å²) in [4.78, 5) is 10.7. The van der Waals surface area contributed by atoms with E-state index in [0.29, 0.717) is 12.1 Å². The molecule has 104 valence electrons. The van der Waals surface area contributed by atoms with Crippen molar-refractivity contribution >= 4 is 29.2 Å². The van der Waals surface area contributed by atoms with E-state index >= 15 is 0 Å². The highest BCUT2D eigenvalue weighted by atomic mass is 35.5. The molecule has 2 aromatic carbocycles. The molecule has 0 saturated heterocycles. The van der Waals surface area contributed by atoms with Gasteiger partial charge in [-0.2, -0.15) is 0 Å². The lowest BCUT2D eigenvalue weighted by Crippen LogP contribution is -2.01. The first kappa shape index (κ1) is 14.6. The minimum absolute atomic E-state index is 0.0416. The number of rotatable bonds is 3. The van der Waals surface area contributed by atoms with Gasteiger partial charge in [0.05, 0.1) is 10.6 Å². The number of ether oxygens (including phenoxy) is 1. The highest BCUT2D eigenvalue weighted by molar-refractivity contribution is 6.34. The van der Waals surface area contributed by atoms with Crippen LogP contribution in [0.3, 0.4) is 0 Å². The topological polar surface area (TPSA) is 46.5 Å². The molecular weight excluding hydrogens is 313 g/mol. The van der Waals surface area contributed by atoms with Crippen molar-refractivity contribution in [1.82, 2.24) is 0 Å². The second-order valence-corrected chi connectivity index (χ2v) is 4.59. The third-order valence-electron chi connectivity index (χ3n) is 2.35. The first-order valence-electron chi connectivity index (χ1n) is 5.23. The standard InChI is InChI=1S/C13H6Cl2F2O3/c14-7-1-2-8(15)11(5-7)20-12-9(16)3-6(13(18)19)4-10(12)17/h1-5H,(H,18,19). The number of halogens is 4. The highest BCUT2D eigenvalue weighted by Gasteiger charge is 2.17. The number of carbonyl (C=O) groups is 1. The SMILES string of the molecule is O=C(O)c1cc(F)c(Oc2cc(Cl)ccc2Cl)c(F)c1. The van der Waals surface area contributed by atoms with Crippen molar-refractivity contribution < 1.29 is 23.4 Å². The van der Waals surface area contributed by atoms with Gasteiger partial charge in [-0.3, -0.25) is 0 Å². The highest BCUT2D eigenvalue weighted by Crippen LogP contribution is 2.34. The monoisotopic (exact) mass is 318 g/mol. The molecule has 1 N–H and O–H groups in total. The maximum Gasteiger partial charge on any atom is 0.335 e. The molecule has 0 amide bonds. The molecular formula is C13H6Cl2F2O3. The maximum absolute atomic E-state index is 13.7. The van der Waals surface area contributed by atoms with Crippen molar-refractivity contribution in [2.75, 3.05) is 0 Å². The van der Waals surface area contributed by atoms with E-state index in [-0.39, 0.29) is 15.8 Å². The van der Waals surface area contributed by atoms with Crippen LogP contribution in [0.25, 0.3) is 0 Å². The van der Waals surface area contributed by atoms with Gasteiger partial charge in [0.1, 0.15) is 5.75 Å². The van der Waals surface area contributed by atoms with Gasteiger partial charge in [-0.25, -0.2) is 13.6 Å². The van der Waals surface area contributed by atoms with Gasteiger partial charge < -0.3 is 9.84 Å². The second-order valence-electron chi connectivity index (χ2n) is 3.75. The van der Waals surface area contributed by atoms with Crippen LogP contribution in [-0.4, -0.2) is 11.1 Å². The Labute approximate surface area is 122 Å². The normalized spacial score (nSPS) is 10.4. The van der Waals surface area contributed by atoms with Crippen LogP contribution in [0.4, 0.5) is 8.78 Å². The van der Waals surface area contributed by atoms with Crippen molar-refractivity contribution in [2.24, 2.45) is 0 Å². The van der Waals surface area contributed by atoms with E-state index in [4.69, 9.17) is 33.0 Å². The lowest BCUT2D eigenvalue weighted by molar-refractivity contribution is 0.0695. The lowest BCUT2D eigenvalue weighted by Gasteiger charge is -2.10. The van der Waals surface area contributed by atoms with Crippen LogP contribution in [0.2, 0.25) is 10.0 Å². The number of hydrogen-bond donors (Lipinski definition) is 1. The molecule has 0 unspecified atom stereocenters. The summed E-state index contributed by atoms with van der Waals surface area (Å²) < 4.78 is 32.4. The molecule has 0 saturated carbocycles. The van der Waals surface area contributed by atoms with Gasteiger partial charge in [-0.05, 0) is 24.3 Å². The van der Waals surface area contributed by atoms with Gasteiger partial charge in [0.15, 0.2) is 17.4 Å².